The van der Waals surface area contributed by atoms with E-state index in [1.165, 1.54) is 6.08 Å². The van der Waals surface area contributed by atoms with Gasteiger partial charge in [-0.1, -0.05) is 36.4 Å². The van der Waals surface area contributed by atoms with Crippen molar-refractivity contribution in [3.8, 4) is 0 Å². The van der Waals surface area contributed by atoms with Crippen molar-refractivity contribution in [3.05, 3.63) is 60.4 Å². The first-order valence-corrected chi connectivity index (χ1v) is 5.21. The Morgan fingerprint density at radius 2 is 2.06 bits per heavy atom. The smallest absolute Gasteiger partial charge is 0.162 e. The number of hydrogen-bond donors (Lipinski definition) is 0. The Kier molecular flexibility index (Phi) is 5.06. The topological polar surface area (TPSA) is 26.3 Å². The molecule has 2 heteroatoms. The maximum atomic E-state index is 11.2. The maximum Gasteiger partial charge on any atom is 0.162 e. The molecule has 0 radical (unpaired) electrons. The normalized spacial score (nSPS) is 10.9. The third-order valence-corrected chi connectivity index (χ3v) is 2.02. The molecular formula is C14H16O2. The second kappa shape index (κ2) is 6.62. The fraction of sp³-hybridized carbons (Fsp3) is 0.214. The fourth-order valence-corrected chi connectivity index (χ4v) is 1.24. The number of hydrogen-bond acceptors (Lipinski definition) is 2. The fourth-order valence-electron chi connectivity index (χ4n) is 1.24. The van der Waals surface area contributed by atoms with Crippen molar-refractivity contribution >= 4 is 5.78 Å². The van der Waals surface area contributed by atoms with E-state index in [9.17, 15) is 4.79 Å². The van der Waals surface area contributed by atoms with E-state index in [4.69, 9.17) is 4.74 Å². The first kappa shape index (κ1) is 12.2. The van der Waals surface area contributed by atoms with Crippen LogP contribution in [0.5, 0.6) is 0 Å². The number of rotatable bonds is 6. The summed E-state index contributed by atoms with van der Waals surface area (Å²) in [5.74, 6) is 0.649. The lowest BCUT2D eigenvalue weighted by Gasteiger charge is -2.05. The average Bonchev–Trinajstić information content (AvgIpc) is 2.28. The van der Waals surface area contributed by atoms with E-state index in [1.807, 2.05) is 30.3 Å². The molecule has 0 aliphatic heterocycles. The molecule has 0 aromatic heterocycles. The summed E-state index contributed by atoms with van der Waals surface area (Å²) < 4.78 is 5.45. The predicted molar refractivity (Wildman–Crippen MR) is 64.8 cm³/mol. The van der Waals surface area contributed by atoms with Gasteiger partial charge < -0.3 is 4.74 Å². The summed E-state index contributed by atoms with van der Waals surface area (Å²) in [5.41, 5.74) is 1.09. The van der Waals surface area contributed by atoms with E-state index in [0.717, 1.165) is 5.56 Å². The lowest BCUT2D eigenvalue weighted by Crippen LogP contribution is -1.95. The molecule has 1 aromatic carbocycles. The molecule has 0 bridgehead atoms. The van der Waals surface area contributed by atoms with Crippen LogP contribution in [0.25, 0.3) is 0 Å². The van der Waals surface area contributed by atoms with Crippen LogP contribution >= 0.6 is 0 Å². The Bertz CT molecular complexity index is 377. The Morgan fingerprint density at radius 3 is 2.69 bits per heavy atom. The molecule has 0 spiro atoms. The van der Waals surface area contributed by atoms with Gasteiger partial charge in [-0.25, -0.2) is 0 Å². The Labute approximate surface area is 96.2 Å². The standard InChI is InChI=1S/C14H16O2/c1-3-7-14(15)10-12(2)16-11-13-8-5-4-6-9-13/h3-6,8-10H,1,7,11H2,2H3/b12-10+. The van der Waals surface area contributed by atoms with Crippen LogP contribution in [0, 0.1) is 0 Å². The van der Waals surface area contributed by atoms with Gasteiger partial charge in [0.15, 0.2) is 5.78 Å². The number of ether oxygens (including phenoxy) is 1. The van der Waals surface area contributed by atoms with Crippen LogP contribution in [0.2, 0.25) is 0 Å². The molecule has 0 atom stereocenters. The van der Waals surface area contributed by atoms with Crippen LogP contribution in [0.4, 0.5) is 0 Å². The van der Waals surface area contributed by atoms with Gasteiger partial charge in [-0.05, 0) is 12.5 Å². The van der Waals surface area contributed by atoms with Crippen molar-refractivity contribution in [2.24, 2.45) is 0 Å². The minimum absolute atomic E-state index is 0.0144. The number of allylic oxidation sites excluding steroid dienone is 3. The molecule has 0 aliphatic carbocycles. The molecule has 16 heavy (non-hydrogen) atoms. The summed E-state index contributed by atoms with van der Waals surface area (Å²) in [6.07, 6.45) is 3.44. The summed E-state index contributed by atoms with van der Waals surface area (Å²) in [4.78, 5) is 11.2. The van der Waals surface area contributed by atoms with Crippen molar-refractivity contribution in [1.82, 2.24) is 0 Å². The lowest BCUT2D eigenvalue weighted by molar-refractivity contribution is -0.114. The highest BCUT2D eigenvalue weighted by molar-refractivity contribution is 5.90. The third kappa shape index (κ3) is 4.60. The van der Waals surface area contributed by atoms with Gasteiger partial charge in [0.25, 0.3) is 0 Å². The van der Waals surface area contributed by atoms with Crippen LogP contribution in [0.15, 0.2) is 54.8 Å². The molecule has 0 saturated carbocycles. The molecular weight excluding hydrogens is 200 g/mol. The van der Waals surface area contributed by atoms with Crippen molar-refractivity contribution in [2.45, 2.75) is 20.0 Å². The summed E-state index contributed by atoms with van der Waals surface area (Å²) in [6, 6.07) is 9.85. The Morgan fingerprint density at radius 1 is 1.38 bits per heavy atom. The first-order valence-electron chi connectivity index (χ1n) is 5.21. The second-order valence-corrected chi connectivity index (χ2v) is 3.49. The second-order valence-electron chi connectivity index (χ2n) is 3.49. The molecule has 2 nitrogen and oxygen atoms in total. The minimum atomic E-state index is 0.0144. The zero-order chi connectivity index (χ0) is 11.8. The molecule has 0 unspecified atom stereocenters. The molecule has 0 heterocycles. The van der Waals surface area contributed by atoms with Gasteiger partial charge in [-0.15, -0.1) is 6.58 Å². The average molecular weight is 216 g/mol. The molecule has 0 amide bonds. The first-order chi connectivity index (χ1) is 7.72. The Hall–Kier alpha value is -1.83. The van der Waals surface area contributed by atoms with Crippen LogP contribution in [-0.4, -0.2) is 5.78 Å². The van der Waals surface area contributed by atoms with Gasteiger partial charge in [-0.2, -0.15) is 0 Å². The zero-order valence-electron chi connectivity index (χ0n) is 9.48. The van der Waals surface area contributed by atoms with E-state index in [1.54, 1.807) is 13.0 Å². The third-order valence-electron chi connectivity index (χ3n) is 2.02. The molecule has 0 saturated heterocycles. The van der Waals surface area contributed by atoms with Crippen LogP contribution < -0.4 is 0 Å². The number of benzene rings is 1. The van der Waals surface area contributed by atoms with E-state index < -0.39 is 0 Å². The summed E-state index contributed by atoms with van der Waals surface area (Å²) in [5, 5.41) is 0. The monoisotopic (exact) mass is 216 g/mol. The van der Waals surface area contributed by atoms with Crippen LogP contribution in [0.3, 0.4) is 0 Å². The van der Waals surface area contributed by atoms with Gasteiger partial charge >= 0.3 is 0 Å². The van der Waals surface area contributed by atoms with Crippen molar-refractivity contribution in [1.29, 1.82) is 0 Å². The van der Waals surface area contributed by atoms with Crippen molar-refractivity contribution in [2.75, 3.05) is 0 Å². The summed E-state index contributed by atoms with van der Waals surface area (Å²) >= 11 is 0. The molecule has 1 rings (SSSR count). The van der Waals surface area contributed by atoms with Gasteiger partial charge in [0.2, 0.25) is 0 Å². The van der Waals surface area contributed by atoms with Crippen molar-refractivity contribution in [3.63, 3.8) is 0 Å². The van der Waals surface area contributed by atoms with Gasteiger partial charge in [-0.3, -0.25) is 4.79 Å². The summed E-state index contributed by atoms with van der Waals surface area (Å²) in [6.45, 7) is 5.78. The van der Waals surface area contributed by atoms with Gasteiger partial charge in [0.1, 0.15) is 6.61 Å². The molecule has 1 aromatic rings. The lowest BCUT2D eigenvalue weighted by atomic mass is 10.2. The quantitative estimate of drug-likeness (QED) is 0.414. The highest BCUT2D eigenvalue weighted by atomic mass is 16.5. The zero-order valence-corrected chi connectivity index (χ0v) is 9.48. The maximum absolute atomic E-state index is 11.2. The number of ketones is 1. The predicted octanol–water partition coefficient (Wildman–Crippen LogP) is 3.25. The van der Waals surface area contributed by atoms with E-state index in [0.29, 0.717) is 18.8 Å². The van der Waals surface area contributed by atoms with Gasteiger partial charge in [0, 0.05) is 12.5 Å². The van der Waals surface area contributed by atoms with Crippen molar-refractivity contribution < 1.29 is 9.53 Å². The summed E-state index contributed by atoms with van der Waals surface area (Å²) in [7, 11) is 0. The number of carbonyl (C=O) groups excluding carboxylic acids is 1. The van der Waals surface area contributed by atoms with E-state index in [-0.39, 0.29) is 5.78 Å². The van der Waals surface area contributed by atoms with Crippen LogP contribution in [-0.2, 0) is 16.1 Å². The van der Waals surface area contributed by atoms with E-state index >= 15 is 0 Å². The Balaban J connectivity index is 2.43. The molecule has 84 valence electrons. The SMILES string of the molecule is C=CCC(=O)/C=C(\C)OCc1ccccc1. The van der Waals surface area contributed by atoms with E-state index in [2.05, 4.69) is 6.58 Å². The largest absolute Gasteiger partial charge is 0.493 e. The number of carbonyl (C=O) groups is 1. The molecule has 0 aliphatic rings. The van der Waals surface area contributed by atoms with Crippen LogP contribution in [0.1, 0.15) is 18.9 Å². The molecule has 0 N–H and O–H groups in total. The highest BCUT2D eigenvalue weighted by Gasteiger charge is 1.97. The van der Waals surface area contributed by atoms with Gasteiger partial charge in [0.05, 0.1) is 5.76 Å². The molecule has 0 fully saturated rings. The highest BCUT2D eigenvalue weighted by Crippen LogP contribution is 2.05. The minimum Gasteiger partial charge on any atom is -0.493 e.